The van der Waals surface area contributed by atoms with Gasteiger partial charge in [0.2, 0.25) is 0 Å². The van der Waals surface area contributed by atoms with E-state index in [-0.39, 0.29) is 97.0 Å². The molecule has 44 valence electrons. The van der Waals surface area contributed by atoms with E-state index in [0.717, 1.165) is 0 Å². The van der Waals surface area contributed by atoms with Crippen molar-refractivity contribution in [1.82, 2.24) is 0 Å². The summed E-state index contributed by atoms with van der Waals surface area (Å²) in [5.41, 5.74) is 0. The van der Waals surface area contributed by atoms with E-state index in [2.05, 4.69) is 0 Å². The molecule has 0 aliphatic carbocycles. The largest absolute Gasteiger partial charge is 3.00 e. The van der Waals surface area contributed by atoms with Crippen LogP contribution in [-0.2, 0) is 55.8 Å². The molecule has 0 N–H and O–H groups in total. The van der Waals surface area contributed by atoms with E-state index in [1.54, 1.807) is 0 Å². The van der Waals surface area contributed by atoms with Crippen molar-refractivity contribution < 1.29 is 97.0 Å². The molecule has 0 heterocycles. The molecule has 0 spiro atoms. The summed E-state index contributed by atoms with van der Waals surface area (Å²) in [4.78, 5) is 0. The molecular weight excluding hydrogens is 320 g/mol. The predicted octanol–water partition coefficient (Wildman–Crippen LogP) is -0.480. The molecule has 2 radical (unpaired) electrons. The van der Waals surface area contributed by atoms with Gasteiger partial charge in [-0.1, -0.05) is 0 Å². The first-order valence-electron chi connectivity index (χ1n) is 0. The van der Waals surface area contributed by atoms with Gasteiger partial charge in [0.1, 0.15) is 0 Å². The smallest absolute Gasteiger partial charge is 2.00 e. The molecule has 0 saturated carbocycles. The molecule has 0 atom stereocenters. The van der Waals surface area contributed by atoms with E-state index in [9.17, 15) is 0 Å². The zero-order valence-electron chi connectivity index (χ0n) is 2.90. The Balaban J connectivity index is 0. The van der Waals surface area contributed by atoms with Crippen molar-refractivity contribution in [3.63, 3.8) is 0 Å². The summed E-state index contributed by atoms with van der Waals surface area (Å²) >= 11 is 0. The topological polar surface area (TPSA) is 114 Å². The summed E-state index contributed by atoms with van der Waals surface area (Å²) < 4.78 is 0. The van der Waals surface area contributed by atoms with E-state index >= 15 is 0 Å². The van der Waals surface area contributed by atoms with Gasteiger partial charge in [-0.3, -0.25) is 0 Å². The Kier molecular flexibility index (Phi) is 1550. The predicted molar refractivity (Wildman–Crippen MR) is 2.75 cm³/mol. The fourth-order valence-electron chi connectivity index (χ4n) is 0. The quantitative estimate of drug-likeness (QED) is 0.537. The SMILES string of the molecule is [Co+2].[Fe+3].[O-2].[O-2].[O-2].[O-2].[Pr+3]. The van der Waals surface area contributed by atoms with E-state index in [0.29, 0.717) is 0 Å². The Morgan fingerprint density at radius 1 is 0.571 bits per heavy atom. The molecule has 0 saturated heterocycles. The second-order valence-corrected chi connectivity index (χ2v) is 0. The summed E-state index contributed by atoms with van der Waals surface area (Å²) in [5.74, 6) is 0. The first-order valence-corrected chi connectivity index (χ1v) is 0. The van der Waals surface area contributed by atoms with Gasteiger partial charge in [-0.05, 0) is 0 Å². The van der Waals surface area contributed by atoms with Gasteiger partial charge in [-0.2, -0.15) is 0 Å². The molecule has 0 aromatic carbocycles. The standard InChI is InChI=1S/Co.Fe.4O.Pr/q+2;+3;4*-2;+3. The first kappa shape index (κ1) is 126. The molecule has 0 rings (SSSR count). The van der Waals surface area contributed by atoms with Crippen LogP contribution in [0, 0.1) is 41.3 Å². The Hall–Kier alpha value is 2.23. The monoisotopic (exact) mass is 320 g/mol. The van der Waals surface area contributed by atoms with Crippen LogP contribution in [0.4, 0.5) is 0 Å². The van der Waals surface area contributed by atoms with Crippen LogP contribution in [0.15, 0.2) is 0 Å². The molecular formula is CoFeO4Pr. The maximum Gasteiger partial charge on any atom is 3.00 e. The summed E-state index contributed by atoms with van der Waals surface area (Å²) in [5, 5.41) is 0. The Morgan fingerprint density at radius 2 is 0.571 bits per heavy atom. The van der Waals surface area contributed by atoms with Crippen molar-refractivity contribution in [2.75, 3.05) is 0 Å². The zero-order chi connectivity index (χ0) is 0. The average molecular weight is 320 g/mol. The minimum Gasteiger partial charge on any atom is -2.00 e. The van der Waals surface area contributed by atoms with Crippen LogP contribution in [-0.4, -0.2) is 0 Å². The normalized spacial score (nSPS) is 0. The van der Waals surface area contributed by atoms with Crippen molar-refractivity contribution in [1.29, 1.82) is 0 Å². The maximum absolute atomic E-state index is 0. The van der Waals surface area contributed by atoms with Crippen molar-refractivity contribution in [3.8, 4) is 0 Å². The Labute approximate surface area is 95.7 Å². The second kappa shape index (κ2) is 86.5. The molecule has 7 heteroatoms. The minimum atomic E-state index is 0. The van der Waals surface area contributed by atoms with Gasteiger partial charge < -0.3 is 21.9 Å². The van der Waals surface area contributed by atoms with E-state index in [1.165, 1.54) is 0 Å². The first-order chi connectivity index (χ1) is 0. The van der Waals surface area contributed by atoms with Gasteiger partial charge in [0.15, 0.2) is 0 Å². The number of hydrogen-bond acceptors (Lipinski definition) is 0. The molecule has 7 heavy (non-hydrogen) atoms. The van der Waals surface area contributed by atoms with E-state index in [1.807, 2.05) is 0 Å². The van der Waals surface area contributed by atoms with Crippen LogP contribution in [0.3, 0.4) is 0 Å². The number of rotatable bonds is 0. The van der Waals surface area contributed by atoms with Crippen LogP contribution in [0.5, 0.6) is 0 Å². The average Bonchev–Trinajstić information content (AvgIpc) is 0. The van der Waals surface area contributed by atoms with Gasteiger partial charge >= 0.3 is 75.1 Å². The molecule has 4 nitrogen and oxygen atoms in total. The molecule has 0 aromatic heterocycles. The molecule has 0 fully saturated rings. The molecule has 0 bridgehead atoms. The summed E-state index contributed by atoms with van der Waals surface area (Å²) in [6.45, 7) is 0. The molecule has 0 aliphatic rings. The molecule has 0 unspecified atom stereocenters. The third kappa shape index (κ3) is 64.2. The second-order valence-electron chi connectivity index (χ2n) is 0. The van der Waals surface area contributed by atoms with Crippen LogP contribution in [0.2, 0.25) is 0 Å². The van der Waals surface area contributed by atoms with Gasteiger partial charge in [0, 0.05) is 0 Å². The van der Waals surface area contributed by atoms with Crippen molar-refractivity contribution >= 4 is 0 Å². The van der Waals surface area contributed by atoms with E-state index in [4.69, 9.17) is 0 Å². The van der Waals surface area contributed by atoms with Crippen LogP contribution < -0.4 is 0 Å². The van der Waals surface area contributed by atoms with Gasteiger partial charge in [0.25, 0.3) is 0 Å². The van der Waals surface area contributed by atoms with Crippen molar-refractivity contribution in [3.05, 3.63) is 0 Å². The third-order valence-corrected chi connectivity index (χ3v) is 0. The Bertz CT molecular complexity index is 11.7. The van der Waals surface area contributed by atoms with Gasteiger partial charge in [-0.15, -0.1) is 0 Å². The number of hydrogen-bond donors (Lipinski definition) is 0. The molecule has 0 amide bonds. The summed E-state index contributed by atoms with van der Waals surface area (Å²) in [7, 11) is 0. The van der Waals surface area contributed by atoms with Crippen LogP contribution >= 0.6 is 0 Å². The van der Waals surface area contributed by atoms with Crippen LogP contribution in [0.25, 0.3) is 0 Å². The zero-order valence-corrected chi connectivity index (χ0v) is 8.75. The summed E-state index contributed by atoms with van der Waals surface area (Å²) in [6, 6.07) is 0. The van der Waals surface area contributed by atoms with Gasteiger partial charge in [-0.25, -0.2) is 0 Å². The van der Waals surface area contributed by atoms with Crippen molar-refractivity contribution in [2.45, 2.75) is 0 Å². The van der Waals surface area contributed by atoms with Gasteiger partial charge in [0.05, 0.1) is 0 Å². The van der Waals surface area contributed by atoms with E-state index < -0.39 is 0 Å². The van der Waals surface area contributed by atoms with Crippen LogP contribution in [0.1, 0.15) is 0 Å². The third-order valence-electron chi connectivity index (χ3n) is 0. The fourth-order valence-corrected chi connectivity index (χ4v) is 0. The maximum atomic E-state index is 0. The molecule has 0 aliphatic heterocycles. The minimum absolute atomic E-state index is 0. The Morgan fingerprint density at radius 3 is 0.571 bits per heavy atom. The fraction of sp³-hybridized carbons (Fsp3) is 0. The molecule has 0 aromatic rings. The summed E-state index contributed by atoms with van der Waals surface area (Å²) in [6.07, 6.45) is 0. The van der Waals surface area contributed by atoms with Crippen molar-refractivity contribution in [2.24, 2.45) is 0 Å².